The van der Waals surface area contributed by atoms with E-state index in [1.54, 1.807) is 36.4 Å². The molecule has 0 saturated heterocycles. The first kappa shape index (κ1) is 20.9. The van der Waals surface area contributed by atoms with Gasteiger partial charge in [-0.25, -0.2) is 0 Å². The van der Waals surface area contributed by atoms with Gasteiger partial charge in [-0.3, -0.25) is 4.79 Å². The smallest absolute Gasteiger partial charge is 0.311 e. The van der Waals surface area contributed by atoms with Crippen LogP contribution in [0.3, 0.4) is 0 Å². The maximum absolute atomic E-state index is 12.0. The van der Waals surface area contributed by atoms with Gasteiger partial charge in [-0.15, -0.1) is 0 Å². The number of methoxy groups -OCH3 is 2. The zero-order valence-electron chi connectivity index (χ0n) is 15.8. The molecule has 0 spiro atoms. The van der Waals surface area contributed by atoms with Gasteiger partial charge in [0.15, 0.2) is 11.5 Å². The lowest BCUT2D eigenvalue weighted by molar-refractivity contribution is -0.138. The predicted molar refractivity (Wildman–Crippen MR) is 105 cm³/mol. The van der Waals surface area contributed by atoms with Crippen molar-refractivity contribution in [2.45, 2.75) is 32.1 Å². The Morgan fingerprint density at radius 1 is 1.07 bits per heavy atom. The van der Waals surface area contributed by atoms with E-state index in [0.29, 0.717) is 34.4 Å². The van der Waals surface area contributed by atoms with Gasteiger partial charge in [0, 0.05) is 5.02 Å². The first-order valence-corrected chi connectivity index (χ1v) is 9.23. The molecule has 5 nitrogen and oxygen atoms in total. The van der Waals surface area contributed by atoms with E-state index in [-0.39, 0.29) is 6.42 Å². The molecule has 2 rings (SSSR count). The van der Waals surface area contributed by atoms with Gasteiger partial charge in [0.05, 0.1) is 26.7 Å². The minimum Gasteiger partial charge on any atom is -0.493 e. The van der Waals surface area contributed by atoms with Gasteiger partial charge in [0.2, 0.25) is 0 Å². The second kappa shape index (κ2) is 10.1. The van der Waals surface area contributed by atoms with Crippen LogP contribution < -0.4 is 14.2 Å². The van der Waals surface area contributed by atoms with Crippen molar-refractivity contribution in [3.05, 3.63) is 52.5 Å². The standard InChI is InChI=1S/C21H25ClO5/c1-4-5-10-27-18-9-7-16(22)11-15(18)12-17(21(23)24)14-6-8-19(25-2)20(13-14)26-3/h6-9,11,13,17H,4-5,10,12H2,1-3H3,(H,23,24). The molecule has 2 aromatic carbocycles. The molecule has 0 aliphatic heterocycles. The van der Waals surface area contributed by atoms with Crippen LogP contribution in [0.5, 0.6) is 17.2 Å². The third kappa shape index (κ3) is 5.54. The highest BCUT2D eigenvalue weighted by Gasteiger charge is 2.24. The molecule has 0 radical (unpaired) electrons. The van der Waals surface area contributed by atoms with E-state index < -0.39 is 11.9 Å². The van der Waals surface area contributed by atoms with Crippen LogP contribution in [-0.4, -0.2) is 31.9 Å². The minimum absolute atomic E-state index is 0.257. The minimum atomic E-state index is -0.929. The Hall–Kier alpha value is -2.40. The first-order chi connectivity index (χ1) is 13.0. The van der Waals surface area contributed by atoms with Crippen LogP contribution in [0.2, 0.25) is 5.02 Å². The summed E-state index contributed by atoms with van der Waals surface area (Å²) in [5, 5.41) is 10.4. The fraction of sp³-hybridized carbons (Fsp3) is 0.381. The second-order valence-electron chi connectivity index (χ2n) is 6.16. The summed E-state index contributed by atoms with van der Waals surface area (Å²) in [5.41, 5.74) is 1.39. The van der Waals surface area contributed by atoms with Gasteiger partial charge in [0.1, 0.15) is 5.75 Å². The van der Waals surface area contributed by atoms with Crippen molar-refractivity contribution in [2.24, 2.45) is 0 Å². The van der Waals surface area contributed by atoms with Crippen molar-refractivity contribution in [1.82, 2.24) is 0 Å². The van der Waals surface area contributed by atoms with Crippen LogP contribution >= 0.6 is 11.6 Å². The van der Waals surface area contributed by atoms with Gasteiger partial charge in [-0.1, -0.05) is 31.0 Å². The van der Waals surface area contributed by atoms with E-state index in [1.165, 1.54) is 14.2 Å². The summed E-state index contributed by atoms with van der Waals surface area (Å²) in [5.74, 6) is 0.0153. The van der Waals surface area contributed by atoms with E-state index in [2.05, 4.69) is 6.92 Å². The monoisotopic (exact) mass is 392 g/mol. The predicted octanol–water partition coefficient (Wildman–Crippen LogP) is 4.95. The number of carboxylic acids is 1. The van der Waals surface area contributed by atoms with Gasteiger partial charge in [-0.05, 0) is 54.3 Å². The van der Waals surface area contributed by atoms with E-state index in [9.17, 15) is 9.90 Å². The highest BCUT2D eigenvalue weighted by Crippen LogP contribution is 2.34. The lowest BCUT2D eigenvalue weighted by Crippen LogP contribution is -2.15. The Labute approximate surface area is 164 Å². The molecule has 1 unspecified atom stereocenters. The zero-order valence-corrected chi connectivity index (χ0v) is 16.6. The first-order valence-electron chi connectivity index (χ1n) is 8.86. The number of rotatable bonds is 10. The number of ether oxygens (including phenoxy) is 3. The highest BCUT2D eigenvalue weighted by atomic mass is 35.5. The number of aliphatic carboxylic acids is 1. The summed E-state index contributed by atoms with van der Waals surface area (Å²) in [6.07, 6.45) is 2.21. The molecule has 0 bridgehead atoms. The molecule has 0 fully saturated rings. The number of halogens is 1. The molecule has 1 atom stereocenters. The molecule has 0 aromatic heterocycles. The summed E-state index contributed by atoms with van der Waals surface area (Å²) in [6.45, 7) is 2.67. The van der Waals surface area contributed by atoms with Crippen molar-refractivity contribution in [3.63, 3.8) is 0 Å². The summed E-state index contributed by atoms with van der Waals surface area (Å²) >= 11 is 6.13. The molecular formula is C21H25ClO5. The Morgan fingerprint density at radius 2 is 1.78 bits per heavy atom. The van der Waals surface area contributed by atoms with Crippen LogP contribution in [0.1, 0.15) is 36.8 Å². The van der Waals surface area contributed by atoms with E-state index >= 15 is 0 Å². The Kier molecular flexibility index (Phi) is 7.80. The van der Waals surface area contributed by atoms with Gasteiger partial charge in [0.25, 0.3) is 0 Å². The van der Waals surface area contributed by atoms with Gasteiger partial charge in [-0.2, -0.15) is 0 Å². The quantitative estimate of drug-likeness (QED) is 0.579. The molecule has 2 aromatic rings. The largest absolute Gasteiger partial charge is 0.493 e. The van der Waals surface area contributed by atoms with Crippen molar-refractivity contribution in [3.8, 4) is 17.2 Å². The topological polar surface area (TPSA) is 65.0 Å². The molecule has 6 heteroatoms. The molecule has 146 valence electrons. The average Bonchev–Trinajstić information content (AvgIpc) is 2.67. The number of hydrogen-bond donors (Lipinski definition) is 1. The van der Waals surface area contributed by atoms with E-state index in [1.807, 2.05) is 0 Å². The molecule has 0 aliphatic rings. The fourth-order valence-corrected chi connectivity index (χ4v) is 3.01. The second-order valence-corrected chi connectivity index (χ2v) is 6.60. The van der Waals surface area contributed by atoms with Crippen LogP contribution in [-0.2, 0) is 11.2 Å². The molecule has 27 heavy (non-hydrogen) atoms. The summed E-state index contributed by atoms with van der Waals surface area (Å²) in [7, 11) is 3.06. The van der Waals surface area contributed by atoms with E-state index in [4.69, 9.17) is 25.8 Å². The third-order valence-electron chi connectivity index (χ3n) is 4.31. The molecule has 0 heterocycles. The molecular weight excluding hydrogens is 368 g/mol. The summed E-state index contributed by atoms with van der Waals surface area (Å²) in [4.78, 5) is 12.0. The Bertz CT molecular complexity index is 775. The highest BCUT2D eigenvalue weighted by molar-refractivity contribution is 6.30. The van der Waals surface area contributed by atoms with Gasteiger partial charge < -0.3 is 19.3 Å². The fourth-order valence-electron chi connectivity index (χ4n) is 2.81. The Balaban J connectivity index is 2.34. The van der Waals surface area contributed by atoms with Crippen molar-refractivity contribution >= 4 is 17.6 Å². The molecule has 1 N–H and O–H groups in total. The maximum atomic E-state index is 12.0. The van der Waals surface area contributed by atoms with E-state index in [0.717, 1.165) is 18.4 Å². The number of carbonyl (C=O) groups is 1. The van der Waals surface area contributed by atoms with Crippen LogP contribution in [0.15, 0.2) is 36.4 Å². The number of carboxylic acid groups (broad SMARTS) is 1. The number of benzene rings is 2. The number of hydrogen-bond acceptors (Lipinski definition) is 4. The SMILES string of the molecule is CCCCOc1ccc(Cl)cc1CC(C(=O)O)c1ccc(OC)c(OC)c1. The average molecular weight is 393 g/mol. The number of unbranched alkanes of at least 4 members (excludes halogenated alkanes) is 1. The summed E-state index contributed by atoms with van der Waals surface area (Å²) < 4.78 is 16.4. The normalized spacial score (nSPS) is 11.7. The Morgan fingerprint density at radius 3 is 2.41 bits per heavy atom. The lowest BCUT2D eigenvalue weighted by Gasteiger charge is -2.18. The van der Waals surface area contributed by atoms with Gasteiger partial charge >= 0.3 is 5.97 Å². The van der Waals surface area contributed by atoms with Crippen molar-refractivity contribution < 1.29 is 24.1 Å². The molecule has 0 saturated carbocycles. The third-order valence-corrected chi connectivity index (χ3v) is 4.55. The molecule has 0 aliphatic carbocycles. The van der Waals surface area contributed by atoms with Crippen molar-refractivity contribution in [2.75, 3.05) is 20.8 Å². The van der Waals surface area contributed by atoms with Crippen molar-refractivity contribution in [1.29, 1.82) is 0 Å². The van der Waals surface area contributed by atoms with Crippen LogP contribution in [0.25, 0.3) is 0 Å². The molecule has 0 amide bonds. The van der Waals surface area contributed by atoms with Crippen LogP contribution in [0.4, 0.5) is 0 Å². The maximum Gasteiger partial charge on any atom is 0.311 e. The van der Waals surface area contributed by atoms with Crippen LogP contribution in [0, 0.1) is 0 Å². The summed E-state index contributed by atoms with van der Waals surface area (Å²) in [6, 6.07) is 10.4. The zero-order chi connectivity index (χ0) is 19.8. The lowest BCUT2D eigenvalue weighted by atomic mass is 9.91.